The summed E-state index contributed by atoms with van der Waals surface area (Å²) in [5.74, 6) is 0.663. The van der Waals surface area contributed by atoms with Gasteiger partial charge >= 0.3 is 0 Å². The molecule has 1 heterocycles. The molecule has 2 aliphatic rings. The normalized spacial score (nSPS) is 27.7. The van der Waals surface area contributed by atoms with E-state index in [4.69, 9.17) is 0 Å². The lowest BCUT2D eigenvalue weighted by Gasteiger charge is -2.40. The molecule has 0 spiro atoms. The van der Waals surface area contributed by atoms with E-state index in [1.165, 1.54) is 6.42 Å². The Bertz CT molecular complexity index is 471. The van der Waals surface area contributed by atoms with Gasteiger partial charge in [-0.25, -0.2) is 8.42 Å². The molecule has 21 heavy (non-hydrogen) atoms. The lowest BCUT2D eigenvalue weighted by Crippen LogP contribution is -2.52. The Balaban J connectivity index is 2.19. The SMILES string of the molecule is CC(C)C(Br)C(=O)N(C1CCCCC1)C1CCS(=O)(=O)C1. The minimum atomic E-state index is -2.97. The number of carbonyl (C=O) groups is 1. The number of rotatable bonds is 4. The topological polar surface area (TPSA) is 54.5 Å². The summed E-state index contributed by atoms with van der Waals surface area (Å²) in [5.41, 5.74) is 0. The maximum absolute atomic E-state index is 12.9. The van der Waals surface area contributed by atoms with Gasteiger partial charge in [-0.3, -0.25) is 4.79 Å². The van der Waals surface area contributed by atoms with Crippen molar-refractivity contribution in [3.8, 4) is 0 Å². The van der Waals surface area contributed by atoms with Crippen LogP contribution >= 0.6 is 15.9 Å². The Morgan fingerprint density at radius 2 is 1.71 bits per heavy atom. The fourth-order valence-corrected chi connectivity index (χ4v) is 5.39. The maximum atomic E-state index is 12.9. The molecule has 0 aromatic heterocycles. The molecule has 1 saturated heterocycles. The molecular formula is C15H26BrNO3S. The van der Waals surface area contributed by atoms with Gasteiger partial charge in [-0.1, -0.05) is 49.0 Å². The van der Waals surface area contributed by atoms with Gasteiger partial charge < -0.3 is 4.90 Å². The van der Waals surface area contributed by atoms with Gasteiger partial charge in [-0.2, -0.15) is 0 Å². The molecule has 4 nitrogen and oxygen atoms in total. The van der Waals surface area contributed by atoms with Crippen LogP contribution in [0.5, 0.6) is 0 Å². The molecule has 1 amide bonds. The van der Waals surface area contributed by atoms with E-state index in [-0.39, 0.29) is 40.2 Å². The number of alkyl halides is 1. The highest BCUT2D eigenvalue weighted by Crippen LogP contribution is 2.30. The molecule has 122 valence electrons. The van der Waals surface area contributed by atoms with Crippen LogP contribution < -0.4 is 0 Å². The van der Waals surface area contributed by atoms with E-state index in [1.807, 2.05) is 18.7 Å². The third-order valence-electron chi connectivity index (χ3n) is 4.65. The standard InChI is InChI=1S/C15H26BrNO3S/c1-11(2)14(16)15(18)17(12-6-4-3-5-7-12)13-8-9-21(19,20)10-13/h11-14H,3-10H2,1-2H3. The van der Waals surface area contributed by atoms with Crippen molar-refractivity contribution >= 4 is 31.7 Å². The van der Waals surface area contributed by atoms with Crippen molar-refractivity contribution in [2.45, 2.75) is 69.3 Å². The van der Waals surface area contributed by atoms with Crippen LogP contribution in [0.2, 0.25) is 0 Å². The van der Waals surface area contributed by atoms with Crippen LogP contribution in [0.4, 0.5) is 0 Å². The number of nitrogens with zero attached hydrogens (tertiary/aromatic N) is 1. The Morgan fingerprint density at radius 1 is 1.10 bits per heavy atom. The first-order chi connectivity index (χ1) is 9.82. The summed E-state index contributed by atoms with van der Waals surface area (Å²) in [4.78, 5) is 14.6. The number of hydrogen-bond acceptors (Lipinski definition) is 3. The predicted octanol–water partition coefficient (Wildman–Crippen LogP) is 2.75. The molecule has 0 radical (unpaired) electrons. The van der Waals surface area contributed by atoms with Crippen LogP contribution in [0.25, 0.3) is 0 Å². The molecule has 0 N–H and O–H groups in total. The Morgan fingerprint density at radius 3 is 2.19 bits per heavy atom. The fraction of sp³-hybridized carbons (Fsp3) is 0.933. The minimum Gasteiger partial charge on any atom is -0.335 e. The zero-order chi connectivity index (χ0) is 15.6. The van der Waals surface area contributed by atoms with E-state index < -0.39 is 9.84 Å². The largest absolute Gasteiger partial charge is 0.335 e. The number of hydrogen-bond donors (Lipinski definition) is 0. The Labute approximate surface area is 136 Å². The third-order valence-corrected chi connectivity index (χ3v) is 7.84. The van der Waals surface area contributed by atoms with Crippen molar-refractivity contribution in [2.24, 2.45) is 5.92 Å². The van der Waals surface area contributed by atoms with Crippen LogP contribution in [0.3, 0.4) is 0 Å². The van der Waals surface area contributed by atoms with Crippen LogP contribution in [0.1, 0.15) is 52.4 Å². The first-order valence-electron chi connectivity index (χ1n) is 7.98. The number of amides is 1. The molecule has 1 aliphatic heterocycles. The van der Waals surface area contributed by atoms with Crippen molar-refractivity contribution in [1.29, 1.82) is 0 Å². The van der Waals surface area contributed by atoms with Crippen LogP contribution in [0, 0.1) is 5.92 Å². The van der Waals surface area contributed by atoms with Gasteiger partial charge in [-0.15, -0.1) is 0 Å². The van der Waals surface area contributed by atoms with Gasteiger partial charge in [-0.05, 0) is 25.2 Å². The summed E-state index contributed by atoms with van der Waals surface area (Å²) in [6, 6.07) is 0.104. The Hall–Kier alpha value is -0.100. The molecule has 0 bridgehead atoms. The first-order valence-corrected chi connectivity index (χ1v) is 10.7. The lowest BCUT2D eigenvalue weighted by atomic mass is 9.92. The second kappa shape index (κ2) is 6.99. The van der Waals surface area contributed by atoms with E-state index in [0.717, 1.165) is 25.7 Å². The molecule has 6 heteroatoms. The summed E-state index contributed by atoms with van der Waals surface area (Å²) < 4.78 is 23.6. The Kier molecular flexibility index (Phi) is 5.74. The molecular weight excluding hydrogens is 354 g/mol. The fourth-order valence-electron chi connectivity index (χ4n) is 3.44. The van der Waals surface area contributed by atoms with Crippen molar-refractivity contribution < 1.29 is 13.2 Å². The lowest BCUT2D eigenvalue weighted by molar-refractivity contribution is -0.136. The molecule has 0 aromatic carbocycles. The summed E-state index contributed by atoms with van der Waals surface area (Å²) in [7, 11) is -2.97. The molecule has 2 rings (SSSR count). The molecule has 2 unspecified atom stereocenters. The zero-order valence-electron chi connectivity index (χ0n) is 12.9. The average molecular weight is 380 g/mol. The van der Waals surface area contributed by atoms with E-state index in [9.17, 15) is 13.2 Å². The number of carbonyl (C=O) groups excluding carboxylic acids is 1. The molecule has 1 saturated carbocycles. The third kappa shape index (κ3) is 4.21. The average Bonchev–Trinajstić information content (AvgIpc) is 2.79. The van der Waals surface area contributed by atoms with Crippen molar-refractivity contribution in [3.05, 3.63) is 0 Å². The molecule has 2 atom stereocenters. The molecule has 2 fully saturated rings. The number of sulfone groups is 1. The first kappa shape index (κ1) is 17.3. The van der Waals surface area contributed by atoms with Gasteiger partial charge in [0, 0.05) is 12.1 Å². The summed E-state index contributed by atoms with van der Waals surface area (Å²) >= 11 is 3.51. The maximum Gasteiger partial charge on any atom is 0.237 e. The van der Waals surface area contributed by atoms with E-state index in [2.05, 4.69) is 15.9 Å². The number of halogens is 1. The van der Waals surface area contributed by atoms with Gasteiger partial charge in [0.2, 0.25) is 5.91 Å². The van der Waals surface area contributed by atoms with Crippen molar-refractivity contribution in [1.82, 2.24) is 4.90 Å². The second-order valence-corrected chi connectivity index (χ2v) is 9.96. The zero-order valence-corrected chi connectivity index (χ0v) is 15.3. The smallest absolute Gasteiger partial charge is 0.237 e. The second-order valence-electron chi connectivity index (χ2n) is 6.74. The van der Waals surface area contributed by atoms with Gasteiger partial charge in [0.25, 0.3) is 0 Å². The molecule has 0 aromatic rings. The summed E-state index contributed by atoms with van der Waals surface area (Å²) in [6.45, 7) is 4.03. The highest BCUT2D eigenvalue weighted by atomic mass is 79.9. The van der Waals surface area contributed by atoms with Crippen LogP contribution in [-0.2, 0) is 14.6 Å². The van der Waals surface area contributed by atoms with Crippen LogP contribution in [0.15, 0.2) is 0 Å². The van der Waals surface area contributed by atoms with E-state index in [0.29, 0.717) is 6.42 Å². The van der Waals surface area contributed by atoms with Crippen molar-refractivity contribution in [2.75, 3.05) is 11.5 Å². The highest BCUT2D eigenvalue weighted by Gasteiger charge is 2.40. The summed E-state index contributed by atoms with van der Waals surface area (Å²) in [5, 5.41) is 0. The minimum absolute atomic E-state index is 0.0824. The van der Waals surface area contributed by atoms with Crippen molar-refractivity contribution in [3.63, 3.8) is 0 Å². The van der Waals surface area contributed by atoms with Gasteiger partial charge in [0.1, 0.15) is 0 Å². The highest BCUT2D eigenvalue weighted by molar-refractivity contribution is 9.10. The van der Waals surface area contributed by atoms with Gasteiger partial charge in [0.05, 0.1) is 16.3 Å². The van der Waals surface area contributed by atoms with E-state index >= 15 is 0 Å². The van der Waals surface area contributed by atoms with Crippen LogP contribution in [-0.4, -0.2) is 47.6 Å². The molecule has 1 aliphatic carbocycles. The monoisotopic (exact) mass is 379 g/mol. The quantitative estimate of drug-likeness (QED) is 0.705. The predicted molar refractivity (Wildman–Crippen MR) is 88.3 cm³/mol. The van der Waals surface area contributed by atoms with E-state index in [1.54, 1.807) is 0 Å². The van der Waals surface area contributed by atoms with Gasteiger partial charge in [0.15, 0.2) is 9.84 Å². The summed E-state index contributed by atoms with van der Waals surface area (Å²) in [6.07, 6.45) is 6.14.